The van der Waals surface area contributed by atoms with Crippen molar-refractivity contribution in [2.75, 3.05) is 7.11 Å². The summed E-state index contributed by atoms with van der Waals surface area (Å²) in [6.07, 6.45) is 0.677. The van der Waals surface area contributed by atoms with Gasteiger partial charge in [0, 0.05) is 11.4 Å². The largest absolute Gasteiger partial charge is 0.468 e. The molecule has 0 aromatic heterocycles. The number of nitrogens with zero attached hydrogens (tertiary/aromatic N) is 1. The Balaban J connectivity index is 2.43. The number of esters is 1. The molecule has 1 aliphatic rings. The van der Waals surface area contributed by atoms with E-state index in [2.05, 4.69) is 10.8 Å². The smallest absolute Gasteiger partial charge is 0.316 e. The Morgan fingerprint density at radius 2 is 2.20 bits per heavy atom. The number of Topliss-reactive ketones (excluding diaryl/α,β-unsaturated/α-hetero) is 1. The van der Waals surface area contributed by atoms with E-state index in [1.807, 2.05) is 0 Å². The van der Waals surface area contributed by atoms with E-state index in [4.69, 9.17) is 11.6 Å². The number of rotatable bonds is 2. The molecular weight excluding hydrogens is 278 g/mol. The topological polar surface area (TPSA) is 67.2 Å². The number of methoxy groups -OCH3 is 1. The van der Waals surface area contributed by atoms with Gasteiger partial charge in [0.1, 0.15) is 11.7 Å². The summed E-state index contributed by atoms with van der Waals surface area (Å²) in [7, 11) is 1.24. The number of carbonyl (C=O) groups excluding carboxylic acids is 2. The Labute approximate surface area is 122 Å². The van der Waals surface area contributed by atoms with Crippen molar-refractivity contribution in [1.82, 2.24) is 0 Å². The first-order valence-corrected chi connectivity index (χ1v) is 6.68. The molecule has 0 radical (unpaired) electrons. The van der Waals surface area contributed by atoms with Crippen LogP contribution in [0.4, 0.5) is 0 Å². The van der Waals surface area contributed by atoms with E-state index in [1.54, 1.807) is 24.3 Å². The van der Waals surface area contributed by atoms with Gasteiger partial charge in [0.2, 0.25) is 0 Å². The van der Waals surface area contributed by atoms with E-state index < -0.39 is 17.3 Å². The maximum atomic E-state index is 11.9. The number of halogens is 1. The lowest BCUT2D eigenvalue weighted by Gasteiger charge is -2.34. The number of nitriles is 1. The number of ketones is 1. The fourth-order valence-electron chi connectivity index (χ4n) is 2.69. The van der Waals surface area contributed by atoms with Gasteiger partial charge in [0.25, 0.3) is 0 Å². The summed E-state index contributed by atoms with van der Waals surface area (Å²) in [5, 5.41) is 10.1. The van der Waals surface area contributed by atoms with E-state index in [1.165, 1.54) is 7.11 Å². The molecule has 2 atom stereocenters. The SMILES string of the molecule is COC(=O)C1CC(C#N)(c2ccccc2Cl)CCC1=O. The van der Waals surface area contributed by atoms with Crippen molar-refractivity contribution in [2.45, 2.75) is 24.7 Å². The zero-order valence-corrected chi connectivity index (χ0v) is 11.8. The van der Waals surface area contributed by atoms with Crippen LogP contribution in [0.25, 0.3) is 0 Å². The molecule has 5 heteroatoms. The molecule has 2 unspecified atom stereocenters. The zero-order valence-electron chi connectivity index (χ0n) is 11.1. The van der Waals surface area contributed by atoms with E-state index >= 15 is 0 Å². The Hall–Kier alpha value is -1.86. The summed E-state index contributed by atoms with van der Waals surface area (Å²) in [5.74, 6) is -1.64. The third kappa shape index (κ3) is 2.41. The number of carbonyl (C=O) groups is 2. The molecule has 1 saturated carbocycles. The summed E-state index contributed by atoms with van der Waals surface area (Å²) in [5.41, 5.74) is -0.240. The first-order valence-electron chi connectivity index (χ1n) is 6.31. The fourth-order valence-corrected chi connectivity index (χ4v) is 3.00. The summed E-state index contributed by atoms with van der Waals surface area (Å²) in [4.78, 5) is 23.6. The predicted octanol–water partition coefficient (Wildman–Crippen LogP) is 2.64. The van der Waals surface area contributed by atoms with Gasteiger partial charge in [-0.3, -0.25) is 9.59 Å². The normalized spacial score (nSPS) is 25.9. The number of hydrogen-bond donors (Lipinski definition) is 0. The van der Waals surface area contributed by atoms with Crippen LogP contribution in [0.15, 0.2) is 24.3 Å². The Morgan fingerprint density at radius 1 is 1.50 bits per heavy atom. The molecule has 1 aromatic rings. The van der Waals surface area contributed by atoms with Gasteiger partial charge in [-0.2, -0.15) is 5.26 Å². The van der Waals surface area contributed by atoms with E-state index in [0.717, 1.165) is 0 Å². The zero-order chi connectivity index (χ0) is 14.8. The van der Waals surface area contributed by atoms with Crippen LogP contribution < -0.4 is 0 Å². The molecule has 0 N–H and O–H groups in total. The second kappa shape index (κ2) is 5.64. The highest BCUT2D eigenvalue weighted by Gasteiger charge is 2.46. The van der Waals surface area contributed by atoms with Gasteiger partial charge in [-0.15, -0.1) is 0 Å². The molecule has 0 spiro atoms. The van der Waals surface area contributed by atoms with Crippen LogP contribution in [0.5, 0.6) is 0 Å². The lowest BCUT2D eigenvalue weighted by Crippen LogP contribution is -2.40. The van der Waals surface area contributed by atoms with Crippen LogP contribution in [-0.2, 0) is 19.7 Å². The van der Waals surface area contributed by atoms with E-state index in [9.17, 15) is 14.9 Å². The second-order valence-electron chi connectivity index (χ2n) is 4.92. The van der Waals surface area contributed by atoms with Crippen molar-refractivity contribution in [2.24, 2.45) is 5.92 Å². The highest BCUT2D eigenvalue weighted by Crippen LogP contribution is 2.43. The van der Waals surface area contributed by atoms with Crippen LogP contribution in [-0.4, -0.2) is 18.9 Å². The minimum absolute atomic E-state index is 0.124. The molecule has 0 bridgehead atoms. The molecule has 2 rings (SSSR count). The predicted molar refractivity (Wildman–Crippen MR) is 73.1 cm³/mol. The Morgan fingerprint density at radius 3 is 2.80 bits per heavy atom. The maximum Gasteiger partial charge on any atom is 0.316 e. The maximum absolute atomic E-state index is 11.9. The molecule has 1 fully saturated rings. The summed E-state index contributed by atoms with van der Waals surface area (Å²) in [6, 6.07) is 9.32. The standard InChI is InChI=1S/C15H14ClNO3/c1-20-14(19)10-8-15(9-17,7-6-13(10)18)11-4-2-3-5-12(11)16/h2-5,10H,6-8H2,1H3. The minimum atomic E-state index is -0.912. The number of hydrogen-bond acceptors (Lipinski definition) is 4. The van der Waals surface area contributed by atoms with Gasteiger partial charge in [-0.25, -0.2) is 0 Å². The van der Waals surface area contributed by atoms with Gasteiger partial charge in [-0.1, -0.05) is 29.8 Å². The van der Waals surface area contributed by atoms with Crippen LogP contribution >= 0.6 is 11.6 Å². The van der Waals surface area contributed by atoms with Crippen molar-refractivity contribution < 1.29 is 14.3 Å². The van der Waals surface area contributed by atoms with Crippen LogP contribution in [0, 0.1) is 17.2 Å². The quantitative estimate of drug-likeness (QED) is 0.620. The van der Waals surface area contributed by atoms with Crippen molar-refractivity contribution in [3.63, 3.8) is 0 Å². The highest BCUT2D eigenvalue weighted by atomic mass is 35.5. The molecule has 1 aliphatic carbocycles. The molecule has 20 heavy (non-hydrogen) atoms. The fraction of sp³-hybridized carbons (Fsp3) is 0.400. The van der Waals surface area contributed by atoms with Crippen molar-refractivity contribution in [3.05, 3.63) is 34.9 Å². The second-order valence-corrected chi connectivity index (χ2v) is 5.33. The van der Waals surface area contributed by atoms with E-state index in [-0.39, 0.29) is 18.6 Å². The molecule has 1 aromatic carbocycles. The summed E-state index contributed by atoms with van der Waals surface area (Å²) in [6.45, 7) is 0. The van der Waals surface area contributed by atoms with Gasteiger partial charge in [-0.05, 0) is 24.5 Å². The average molecular weight is 292 g/mol. The van der Waals surface area contributed by atoms with Crippen molar-refractivity contribution in [1.29, 1.82) is 5.26 Å². The van der Waals surface area contributed by atoms with Gasteiger partial charge in [0.05, 0.1) is 18.6 Å². The molecule has 0 heterocycles. The Kier molecular flexibility index (Phi) is 4.10. The molecule has 0 saturated heterocycles. The van der Waals surface area contributed by atoms with E-state index in [0.29, 0.717) is 17.0 Å². The average Bonchev–Trinajstić information content (AvgIpc) is 2.48. The first-order chi connectivity index (χ1) is 9.54. The Bertz CT molecular complexity index is 585. The molecular formula is C15H14ClNO3. The highest BCUT2D eigenvalue weighted by molar-refractivity contribution is 6.31. The minimum Gasteiger partial charge on any atom is -0.468 e. The third-order valence-corrected chi connectivity index (χ3v) is 4.16. The monoisotopic (exact) mass is 291 g/mol. The summed E-state index contributed by atoms with van der Waals surface area (Å²) < 4.78 is 4.66. The molecule has 0 aliphatic heterocycles. The van der Waals surface area contributed by atoms with Crippen molar-refractivity contribution >= 4 is 23.4 Å². The first kappa shape index (κ1) is 14.5. The van der Waals surface area contributed by atoms with Crippen LogP contribution in [0.1, 0.15) is 24.8 Å². The molecule has 104 valence electrons. The van der Waals surface area contributed by atoms with Gasteiger partial charge >= 0.3 is 5.97 Å². The van der Waals surface area contributed by atoms with Gasteiger partial charge < -0.3 is 4.74 Å². The van der Waals surface area contributed by atoms with Crippen molar-refractivity contribution in [3.8, 4) is 6.07 Å². The number of ether oxygens (including phenoxy) is 1. The lowest BCUT2D eigenvalue weighted by molar-refractivity contribution is -0.151. The summed E-state index contributed by atoms with van der Waals surface area (Å²) >= 11 is 6.17. The molecule has 4 nitrogen and oxygen atoms in total. The van der Waals surface area contributed by atoms with Gasteiger partial charge in [0.15, 0.2) is 0 Å². The van der Waals surface area contributed by atoms with Crippen LogP contribution in [0.2, 0.25) is 5.02 Å². The lowest BCUT2D eigenvalue weighted by atomic mass is 9.66. The van der Waals surface area contributed by atoms with Crippen LogP contribution in [0.3, 0.4) is 0 Å². The number of benzene rings is 1. The third-order valence-electron chi connectivity index (χ3n) is 3.83. The molecule has 0 amide bonds.